The van der Waals surface area contributed by atoms with E-state index in [0.717, 1.165) is 5.69 Å². The van der Waals surface area contributed by atoms with E-state index in [9.17, 15) is 14.3 Å². The predicted molar refractivity (Wildman–Crippen MR) is 120 cm³/mol. The molecule has 0 bridgehead atoms. The number of hydrogen-bond donors (Lipinski definition) is 1. The number of aliphatic hydroxyl groups is 1. The molecule has 5 rings (SSSR count). The van der Waals surface area contributed by atoms with Crippen molar-refractivity contribution in [2.24, 2.45) is 0 Å². The average molecular weight is 460 g/mol. The smallest absolute Gasteiger partial charge is 0.333 e. The highest BCUT2D eigenvalue weighted by atomic mass is 19.1. The molecule has 1 N–H and O–H groups in total. The van der Waals surface area contributed by atoms with Gasteiger partial charge in [-0.2, -0.15) is 10.2 Å². The van der Waals surface area contributed by atoms with Gasteiger partial charge in [-0.05, 0) is 37.3 Å². The third-order valence-electron chi connectivity index (χ3n) is 5.93. The summed E-state index contributed by atoms with van der Waals surface area (Å²) in [5, 5.41) is 19.9. The molecule has 0 radical (unpaired) electrons. The second-order valence-electron chi connectivity index (χ2n) is 7.89. The van der Waals surface area contributed by atoms with Crippen molar-refractivity contribution in [3.8, 4) is 11.4 Å². The maximum Gasteiger partial charge on any atom is 0.333 e. The molecule has 0 saturated heterocycles. The maximum absolute atomic E-state index is 14.8. The molecule has 3 aromatic heterocycles. The van der Waals surface area contributed by atoms with Gasteiger partial charge in [-0.1, -0.05) is 18.2 Å². The second kappa shape index (κ2) is 8.52. The Hall–Kier alpha value is -4.38. The fraction of sp³-hybridized carbons (Fsp3) is 0.174. The molecular formula is C23H21FN8O2. The monoisotopic (exact) mass is 460 g/mol. The van der Waals surface area contributed by atoms with Crippen LogP contribution >= 0.6 is 0 Å². The molecule has 0 fully saturated rings. The Morgan fingerprint density at radius 1 is 0.971 bits per heavy atom. The molecule has 34 heavy (non-hydrogen) atoms. The molecule has 0 unspecified atom stereocenters. The number of halogens is 1. The molecule has 3 heterocycles. The number of hydrogen-bond acceptors (Lipinski definition) is 6. The molecule has 0 amide bonds. The van der Waals surface area contributed by atoms with E-state index in [1.54, 1.807) is 54.6 Å². The van der Waals surface area contributed by atoms with Crippen molar-refractivity contribution in [3.05, 3.63) is 108 Å². The molecule has 2 aromatic carbocycles. The van der Waals surface area contributed by atoms with Gasteiger partial charge < -0.3 is 5.11 Å². The number of benzene rings is 2. The Morgan fingerprint density at radius 3 is 2.35 bits per heavy atom. The van der Waals surface area contributed by atoms with E-state index in [-0.39, 0.29) is 17.8 Å². The first kappa shape index (κ1) is 21.5. The fourth-order valence-corrected chi connectivity index (χ4v) is 4.04. The van der Waals surface area contributed by atoms with Gasteiger partial charge in [0.15, 0.2) is 0 Å². The van der Waals surface area contributed by atoms with Gasteiger partial charge in [0.1, 0.15) is 36.7 Å². The summed E-state index contributed by atoms with van der Waals surface area (Å²) in [5.74, 6) is -0.576. The quantitative estimate of drug-likeness (QED) is 0.399. The van der Waals surface area contributed by atoms with E-state index < -0.39 is 17.5 Å². The van der Waals surface area contributed by atoms with Gasteiger partial charge in [-0.15, -0.1) is 0 Å². The summed E-state index contributed by atoms with van der Waals surface area (Å²) < 4.78 is 20.7. The number of imidazole rings is 1. The molecule has 10 nitrogen and oxygen atoms in total. The minimum atomic E-state index is -1.79. The van der Waals surface area contributed by atoms with Crippen LogP contribution in [0.1, 0.15) is 18.5 Å². The lowest BCUT2D eigenvalue weighted by Crippen LogP contribution is -2.43. The van der Waals surface area contributed by atoms with Crippen LogP contribution in [-0.4, -0.2) is 43.8 Å². The van der Waals surface area contributed by atoms with E-state index in [2.05, 4.69) is 20.2 Å². The molecule has 0 aliphatic heterocycles. The van der Waals surface area contributed by atoms with Gasteiger partial charge in [0.2, 0.25) is 0 Å². The highest BCUT2D eigenvalue weighted by molar-refractivity contribution is 5.41. The SMILES string of the molecule is C[C@@H](n1ccn(-c2ccc(-n3cncn3)cc2)c1=O)[C@](O)(Cn1cncn1)c1ccccc1F. The molecule has 2 atom stereocenters. The van der Waals surface area contributed by atoms with Crippen molar-refractivity contribution >= 4 is 0 Å². The van der Waals surface area contributed by atoms with Crippen LogP contribution in [0, 0.1) is 5.82 Å². The molecular weight excluding hydrogens is 439 g/mol. The summed E-state index contributed by atoms with van der Waals surface area (Å²) in [6.07, 6.45) is 8.97. The minimum absolute atomic E-state index is 0.0647. The Balaban J connectivity index is 1.52. The van der Waals surface area contributed by atoms with Crippen LogP contribution in [0.2, 0.25) is 0 Å². The summed E-state index contributed by atoms with van der Waals surface area (Å²) in [7, 11) is 0. The Bertz CT molecular complexity index is 1440. The van der Waals surface area contributed by atoms with Gasteiger partial charge in [0.05, 0.1) is 24.0 Å². The van der Waals surface area contributed by atoms with Crippen molar-refractivity contribution in [2.45, 2.75) is 25.1 Å². The van der Waals surface area contributed by atoms with E-state index in [4.69, 9.17) is 0 Å². The first-order valence-corrected chi connectivity index (χ1v) is 10.5. The lowest BCUT2D eigenvalue weighted by molar-refractivity contribution is -0.0341. The molecule has 0 aliphatic rings. The van der Waals surface area contributed by atoms with Crippen molar-refractivity contribution in [2.75, 3.05) is 0 Å². The van der Waals surface area contributed by atoms with Crippen LogP contribution in [-0.2, 0) is 12.1 Å². The van der Waals surface area contributed by atoms with E-state index >= 15 is 0 Å². The summed E-state index contributed by atoms with van der Waals surface area (Å²) in [5.41, 5.74) is -0.676. The van der Waals surface area contributed by atoms with Crippen molar-refractivity contribution in [1.29, 1.82) is 0 Å². The van der Waals surface area contributed by atoms with Gasteiger partial charge in [-0.3, -0.25) is 9.13 Å². The Kier molecular flexibility index (Phi) is 5.38. The first-order valence-electron chi connectivity index (χ1n) is 10.5. The first-order chi connectivity index (χ1) is 16.5. The summed E-state index contributed by atoms with van der Waals surface area (Å²) >= 11 is 0. The van der Waals surface area contributed by atoms with Crippen LogP contribution in [0.4, 0.5) is 4.39 Å². The van der Waals surface area contributed by atoms with Crippen molar-refractivity contribution in [1.82, 2.24) is 38.7 Å². The van der Waals surface area contributed by atoms with Gasteiger partial charge in [0, 0.05) is 18.0 Å². The molecule has 172 valence electrons. The summed E-state index contributed by atoms with van der Waals surface area (Å²) in [6.45, 7) is 1.57. The average Bonchev–Trinajstić information content (AvgIpc) is 3.62. The van der Waals surface area contributed by atoms with Gasteiger partial charge >= 0.3 is 5.69 Å². The van der Waals surface area contributed by atoms with E-state index in [0.29, 0.717) is 5.69 Å². The molecule has 11 heteroatoms. The summed E-state index contributed by atoms with van der Waals surface area (Å²) in [4.78, 5) is 21.2. The largest absolute Gasteiger partial charge is 0.381 e. The van der Waals surface area contributed by atoms with Crippen LogP contribution < -0.4 is 5.69 Å². The highest BCUT2D eigenvalue weighted by Gasteiger charge is 2.40. The third-order valence-corrected chi connectivity index (χ3v) is 5.93. The van der Waals surface area contributed by atoms with Crippen LogP contribution in [0.25, 0.3) is 11.4 Å². The fourth-order valence-electron chi connectivity index (χ4n) is 4.04. The van der Waals surface area contributed by atoms with Gasteiger partial charge in [-0.25, -0.2) is 28.5 Å². The number of nitrogens with zero attached hydrogens (tertiary/aromatic N) is 8. The standard InChI is InChI=1S/C23H21FN8O2/c1-17(23(34,12-29-15-25-13-27-29)20-4-2-3-5-21(20)24)30-10-11-31(22(30)33)18-6-8-19(9-7-18)32-16-26-14-28-32/h2-11,13-17,34H,12H2,1H3/t17-,23-/m1/s1. The molecule has 0 spiro atoms. The van der Waals surface area contributed by atoms with E-state index in [1.807, 2.05) is 12.1 Å². The Morgan fingerprint density at radius 2 is 1.68 bits per heavy atom. The van der Waals surface area contributed by atoms with Crippen LogP contribution in [0.5, 0.6) is 0 Å². The van der Waals surface area contributed by atoms with Crippen molar-refractivity contribution < 1.29 is 9.50 Å². The van der Waals surface area contributed by atoms with Crippen molar-refractivity contribution in [3.63, 3.8) is 0 Å². The summed E-state index contributed by atoms with van der Waals surface area (Å²) in [6, 6.07) is 12.3. The zero-order valence-electron chi connectivity index (χ0n) is 18.2. The third kappa shape index (κ3) is 3.71. The molecule has 0 aliphatic carbocycles. The zero-order chi connectivity index (χ0) is 23.7. The topological polar surface area (TPSA) is 109 Å². The Labute approximate surface area is 193 Å². The predicted octanol–water partition coefficient (Wildman–Crippen LogP) is 2.10. The lowest BCUT2D eigenvalue weighted by atomic mass is 9.86. The number of aromatic nitrogens is 8. The maximum atomic E-state index is 14.8. The number of rotatable bonds is 7. The highest BCUT2D eigenvalue weighted by Crippen LogP contribution is 2.35. The van der Waals surface area contributed by atoms with Crippen LogP contribution in [0.15, 0.2) is 91.0 Å². The van der Waals surface area contributed by atoms with Gasteiger partial charge in [0.25, 0.3) is 0 Å². The molecule has 0 saturated carbocycles. The normalized spacial score (nSPS) is 14.1. The zero-order valence-corrected chi connectivity index (χ0v) is 18.2. The second-order valence-corrected chi connectivity index (χ2v) is 7.89. The minimum Gasteiger partial charge on any atom is -0.381 e. The van der Waals surface area contributed by atoms with E-state index in [1.165, 1.54) is 44.9 Å². The van der Waals surface area contributed by atoms with Crippen LogP contribution in [0.3, 0.4) is 0 Å². The molecule has 5 aromatic rings. The lowest BCUT2D eigenvalue weighted by Gasteiger charge is -2.35.